The fourth-order valence-electron chi connectivity index (χ4n) is 5.34. The third-order valence-corrected chi connectivity index (χ3v) is 7.47. The van der Waals surface area contributed by atoms with Gasteiger partial charge in [0.25, 0.3) is 0 Å². The summed E-state index contributed by atoms with van der Waals surface area (Å²) in [4.78, 5) is 19.2. The molecule has 0 spiro atoms. The zero-order valence-electron chi connectivity index (χ0n) is 24.6. The lowest BCUT2D eigenvalue weighted by atomic mass is 10.0. The number of hydrogen-bond donors (Lipinski definition) is 1. The number of pyridine rings is 1. The van der Waals surface area contributed by atoms with Crippen LogP contribution < -0.4 is 5.32 Å². The van der Waals surface area contributed by atoms with E-state index in [9.17, 15) is 9.18 Å². The number of hydrogen-bond acceptors (Lipinski definition) is 7. The van der Waals surface area contributed by atoms with Crippen molar-refractivity contribution in [3.05, 3.63) is 59.0 Å². The van der Waals surface area contributed by atoms with Crippen LogP contribution in [0.4, 0.5) is 10.2 Å². The predicted octanol–water partition coefficient (Wildman–Crippen LogP) is 5.98. The number of carbonyl (C=O) groups is 1. The highest BCUT2D eigenvalue weighted by molar-refractivity contribution is 5.77. The minimum absolute atomic E-state index is 0.343. The van der Waals surface area contributed by atoms with Gasteiger partial charge in [0.15, 0.2) is 0 Å². The molecule has 5 rings (SSSR count). The maximum atomic E-state index is 13.7. The number of nitrogens with one attached hydrogen (secondary N) is 1. The number of benzene rings is 1. The summed E-state index contributed by atoms with van der Waals surface area (Å²) in [7, 11) is 1.38. The molecule has 0 aliphatic carbocycles. The van der Waals surface area contributed by atoms with E-state index in [2.05, 4.69) is 22.3 Å². The van der Waals surface area contributed by atoms with Crippen LogP contribution in [-0.2, 0) is 31.8 Å². The van der Waals surface area contributed by atoms with E-state index in [1.807, 2.05) is 13.8 Å². The van der Waals surface area contributed by atoms with Crippen LogP contribution in [0.5, 0.6) is 0 Å². The standard InChI is InChI=1S/C25H32FN3O3.C5H10O.C2H6/c1-31-25(30)23(20-4-2-6-21(26)16-20)29-13-9-18(17-29)10-14-32-15-11-22-8-7-19-5-3-12-27-24(19)28-22;1-2-4-6-5-3-1;1-2/h2,4,6-8,16,18,23H,3,5,9-15,17H2,1H3,(H,27,28);1-5H2;1-2H3. The lowest BCUT2D eigenvalue weighted by molar-refractivity contribution is -0.147. The summed E-state index contributed by atoms with van der Waals surface area (Å²) in [6.07, 6.45) is 8.92. The Kier molecular flexibility index (Phi) is 14.4. The number of likely N-dealkylation sites (tertiary alicyclic amines) is 1. The first-order chi connectivity index (χ1) is 19.6. The molecule has 1 aromatic heterocycles. The van der Waals surface area contributed by atoms with Crippen LogP contribution in [0.2, 0.25) is 0 Å². The molecule has 4 heterocycles. The van der Waals surface area contributed by atoms with Crippen molar-refractivity contribution in [2.75, 3.05) is 58.5 Å². The smallest absolute Gasteiger partial charge is 0.327 e. The number of fused-ring (bicyclic) bond motifs is 1. The Morgan fingerprint density at radius 3 is 2.67 bits per heavy atom. The van der Waals surface area contributed by atoms with Gasteiger partial charge in [0, 0.05) is 45.0 Å². The highest BCUT2D eigenvalue weighted by Crippen LogP contribution is 2.30. The number of esters is 1. The molecule has 3 aliphatic heterocycles. The summed E-state index contributed by atoms with van der Waals surface area (Å²) >= 11 is 0. The zero-order valence-corrected chi connectivity index (χ0v) is 24.6. The number of ether oxygens (including phenoxy) is 3. The van der Waals surface area contributed by atoms with Crippen LogP contribution in [0.1, 0.15) is 75.2 Å². The Hall–Kier alpha value is -2.55. The van der Waals surface area contributed by atoms with Gasteiger partial charge in [0.2, 0.25) is 0 Å². The van der Waals surface area contributed by atoms with Crippen molar-refractivity contribution in [2.45, 2.75) is 71.3 Å². The Bertz CT molecular complexity index is 1010. The highest BCUT2D eigenvalue weighted by atomic mass is 19.1. The van der Waals surface area contributed by atoms with E-state index in [4.69, 9.17) is 19.2 Å². The van der Waals surface area contributed by atoms with E-state index in [0.29, 0.717) is 24.7 Å². The van der Waals surface area contributed by atoms with Gasteiger partial charge in [-0.25, -0.2) is 14.2 Å². The molecule has 1 aromatic carbocycles. The molecule has 40 heavy (non-hydrogen) atoms. The van der Waals surface area contributed by atoms with Gasteiger partial charge in [-0.2, -0.15) is 0 Å². The monoisotopic (exact) mass is 557 g/mol. The predicted molar refractivity (Wildman–Crippen MR) is 157 cm³/mol. The molecule has 2 atom stereocenters. The van der Waals surface area contributed by atoms with E-state index in [-0.39, 0.29) is 11.8 Å². The molecular weight excluding hydrogens is 509 g/mol. The van der Waals surface area contributed by atoms with Crippen molar-refractivity contribution in [2.24, 2.45) is 5.92 Å². The number of halogens is 1. The van der Waals surface area contributed by atoms with Crippen LogP contribution in [0.3, 0.4) is 0 Å². The zero-order chi connectivity index (χ0) is 28.6. The fraction of sp³-hybridized carbons (Fsp3) is 0.625. The number of carbonyl (C=O) groups excluding carboxylic acids is 1. The van der Waals surface area contributed by atoms with E-state index in [0.717, 1.165) is 70.0 Å². The van der Waals surface area contributed by atoms with Gasteiger partial charge in [0.05, 0.1) is 13.7 Å². The molecule has 0 saturated carbocycles. The molecule has 3 aliphatic rings. The fourth-order valence-corrected chi connectivity index (χ4v) is 5.34. The lowest BCUT2D eigenvalue weighted by Crippen LogP contribution is -2.33. The van der Waals surface area contributed by atoms with Gasteiger partial charge >= 0.3 is 5.97 Å². The lowest BCUT2D eigenvalue weighted by Gasteiger charge is -2.26. The van der Waals surface area contributed by atoms with Gasteiger partial charge in [-0.05, 0) is 86.7 Å². The van der Waals surface area contributed by atoms with Crippen molar-refractivity contribution < 1.29 is 23.4 Å². The Morgan fingerprint density at radius 1 is 1.15 bits per heavy atom. The number of aryl methyl sites for hydroxylation is 1. The number of methoxy groups -OCH3 is 1. The summed E-state index contributed by atoms with van der Waals surface area (Å²) in [5.74, 6) is 0.782. The topological polar surface area (TPSA) is 72.9 Å². The average molecular weight is 558 g/mol. The van der Waals surface area contributed by atoms with Crippen molar-refractivity contribution >= 4 is 11.8 Å². The molecule has 0 radical (unpaired) electrons. The summed E-state index contributed by atoms with van der Waals surface area (Å²) in [6, 6.07) is 9.93. The summed E-state index contributed by atoms with van der Waals surface area (Å²) in [5.41, 5.74) is 3.00. The number of aromatic nitrogens is 1. The second-order valence-corrected chi connectivity index (χ2v) is 10.3. The molecule has 0 amide bonds. The molecule has 7 nitrogen and oxygen atoms in total. The second-order valence-electron chi connectivity index (χ2n) is 10.3. The molecule has 8 heteroatoms. The summed E-state index contributed by atoms with van der Waals surface area (Å²) in [6.45, 7) is 9.89. The van der Waals surface area contributed by atoms with E-state index in [1.165, 1.54) is 50.5 Å². The first-order valence-electron chi connectivity index (χ1n) is 15.1. The Morgan fingerprint density at radius 2 is 1.98 bits per heavy atom. The number of rotatable bonds is 9. The van der Waals surface area contributed by atoms with Crippen LogP contribution in [-0.4, -0.2) is 69.0 Å². The minimum Gasteiger partial charge on any atom is -0.468 e. The van der Waals surface area contributed by atoms with Crippen LogP contribution in [0.25, 0.3) is 0 Å². The van der Waals surface area contributed by atoms with Crippen molar-refractivity contribution in [3.8, 4) is 0 Å². The third kappa shape index (κ3) is 10.1. The second kappa shape index (κ2) is 18.0. The van der Waals surface area contributed by atoms with Gasteiger partial charge < -0.3 is 19.5 Å². The van der Waals surface area contributed by atoms with Crippen molar-refractivity contribution in [1.82, 2.24) is 9.88 Å². The van der Waals surface area contributed by atoms with Crippen molar-refractivity contribution in [1.29, 1.82) is 0 Å². The molecule has 1 N–H and O–H groups in total. The average Bonchev–Trinajstić information content (AvgIpc) is 3.47. The Labute approximate surface area is 239 Å². The summed E-state index contributed by atoms with van der Waals surface area (Å²) < 4.78 is 29.7. The van der Waals surface area contributed by atoms with Gasteiger partial charge in [-0.1, -0.05) is 32.0 Å². The maximum Gasteiger partial charge on any atom is 0.327 e. The van der Waals surface area contributed by atoms with Crippen LogP contribution in [0, 0.1) is 11.7 Å². The molecule has 2 fully saturated rings. The quantitative estimate of drug-likeness (QED) is 0.300. The van der Waals surface area contributed by atoms with Crippen molar-refractivity contribution in [3.63, 3.8) is 0 Å². The molecule has 222 valence electrons. The summed E-state index contributed by atoms with van der Waals surface area (Å²) in [5, 5.41) is 3.37. The first kappa shape index (κ1) is 32.0. The molecule has 2 aromatic rings. The van der Waals surface area contributed by atoms with Gasteiger partial charge in [-0.3, -0.25) is 4.90 Å². The molecule has 2 saturated heterocycles. The molecular formula is C32H48FN3O4. The maximum absolute atomic E-state index is 13.7. The normalized spacial score (nSPS) is 19.1. The first-order valence-corrected chi connectivity index (χ1v) is 15.1. The minimum atomic E-state index is -0.565. The number of anilines is 1. The highest BCUT2D eigenvalue weighted by Gasteiger charge is 2.34. The SMILES string of the molecule is C1CCOCC1.CC.COC(=O)C(c1cccc(F)c1)N1CCC(CCOCCc2ccc3c(n2)NCCC3)C1. The number of nitrogens with zero attached hydrogens (tertiary/aromatic N) is 2. The van der Waals surface area contributed by atoms with Gasteiger partial charge in [-0.15, -0.1) is 0 Å². The van der Waals surface area contributed by atoms with E-state index >= 15 is 0 Å². The van der Waals surface area contributed by atoms with Crippen LogP contribution in [0.15, 0.2) is 36.4 Å². The molecule has 2 unspecified atom stereocenters. The van der Waals surface area contributed by atoms with Gasteiger partial charge in [0.1, 0.15) is 17.7 Å². The van der Waals surface area contributed by atoms with E-state index in [1.54, 1.807) is 12.1 Å². The largest absolute Gasteiger partial charge is 0.468 e. The Balaban J connectivity index is 0.000000481. The van der Waals surface area contributed by atoms with Crippen LogP contribution >= 0.6 is 0 Å². The van der Waals surface area contributed by atoms with E-state index < -0.39 is 6.04 Å². The molecule has 0 bridgehead atoms. The third-order valence-electron chi connectivity index (χ3n) is 7.47.